The summed E-state index contributed by atoms with van der Waals surface area (Å²) in [5.74, 6) is -0.731. The second-order valence-electron chi connectivity index (χ2n) is 10.7. The second kappa shape index (κ2) is 14.4. The number of nitrogens with one attached hydrogen (secondary N) is 1. The first-order valence-corrected chi connectivity index (χ1v) is 16.5. The van der Waals surface area contributed by atoms with E-state index in [-0.39, 0.29) is 39.1 Å². The third-order valence-corrected chi connectivity index (χ3v) is 9.97. The Balaban J connectivity index is 1.70. The van der Waals surface area contributed by atoms with Crippen molar-refractivity contribution in [2.45, 2.75) is 69.4 Å². The molecule has 0 radical (unpaired) electrons. The van der Waals surface area contributed by atoms with Gasteiger partial charge in [0, 0.05) is 17.6 Å². The summed E-state index contributed by atoms with van der Waals surface area (Å²) in [6.45, 7) is 3.40. The molecule has 7 nitrogen and oxygen atoms in total. The first-order chi connectivity index (χ1) is 20.1. The zero-order valence-electron chi connectivity index (χ0n) is 23.9. The van der Waals surface area contributed by atoms with Crippen LogP contribution in [0, 0.1) is 6.92 Å². The predicted molar refractivity (Wildman–Crippen MR) is 169 cm³/mol. The number of anilines is 1. The van der Waals surface area contributed by atoms with Gasteiger partial charge in [-0.25, -0.2) is 8.42 Å². The molecular formula is C32H37Cl2N3O4S. The molecule has 3 aromatic rings. The molecule has 10 heteroatoms. The van der Waals surface area contributed by atoms with Crippen LogP contribution in [0.2, 0.25) is 10.0 Å². The monoisotopic (exact) mass is 629 g/mol. The summed E-state index contributed by atoms with van der Waals surface area (Å²) in [5, 5.41) is 3.52. The van der Waals surface area contributed by atoms with Crippen LogP contribution in [0.25, 0.3) is 0 Å². The molecule has 1 aliphatic rings. The van der Waals surface area contributed by atoms with Crippen LogP contribution in [-0.2, 0) is 26.0 Å². The number of rotatable bonds is 12. The van der Waals surface area contributed by atoms with E-state index in [4.69, 9.17) is 23.2 Å². The molecule has 0 spiro atoms. The number of amides is 2. The third-order valence-electron chi connectivity index (χ3n) is 7.64. The number of hydrogen-bond acceptors (Lipinski definition) is 4. The Hall–Kier alpha value is -3.07. The van der Waals surface area contributed by atoms with Crippen molar-refractivity contribution in [3.05, 3.63) is 94.0 Å². The maximum Gasteiger partial charge on any atom is 0.264 e. The Morgan fingerprint density at radius 2 is 1.64 bits per heavy atom. The molecule has 4 rings (SSSR count). The average Bonchev–Trinajstić information content (AvgIpc) is 3.49. The molecule has 0 saturated heterocycles. The Morgan fingerprint density at radius 1 is 0.976 bits per heavy atom. The van der Waals surface area contributed by atoms with E-state index in [0.717, 1.165) is 41.1 Å². The molecule has 1 fully saturated rings. The van der Waals surface area contributed by atoms with Crippen LogP contribution in [0.1, 0.15) is 50.2 Å². The number of sulfonamides is 1. The Bertz CT molecular complexity index is 1480. The van der Waals surface area contributed by atoms with E-state index in [2.05, 4.69) is 5.32 Å². The van der Waals surface area contributed by atoms with Crippen LogP contribution in [0.15, 0.2) is 77.7 Å². The Labute approximate surface area is 258 Å². The molecule has 42 heavy (non-hydrogen) atoms. The van der Waals surface area contributed by atoms with Crippen molar-refractivity contribution >= 4 is 50.7 Å². The quantitative estimate of drug-likeness (QED) is 0.251. The minimum absolute atomic E-state index is 0.0128. The summed E-state index contributed by atoms with van der Waals surface area (Å²) in [6, 6.07) is 19.9. The highest BCUT2D eigenvalue weighted by atomic mass is 35.5. The highest BCUT2D eigenvalue weighted by molar-refractivity contribution is 7.92. The maximum atomic E-state index is 14.2. The molecule has 1 saturated carbocycles. The van der Waals surface area contributed by atoms with Crippen molar-refractivity contribution in [2.75, 3.05) is 17.4 Å². The smallest absolute Gasteiger partial charge is 0.264 e. The summed E-state index contributed by atoms with van der Waals surface area (Å²) in [7, 11) is -4.23. The van der Waals surface area contributed by atoms with E-state index < -0.39 is 28.5 Å². The largest absolute Gasteiger partial charge is 0.352 e. The van der Waals surface area contributed by atoms with Crippen molar-refractivity contribution in [3.63, 3.8) is 0 Å². The van der Waals surface area contributed by atoms with E-state index in [9.17, 15) is 18.0 Å². The highest BCUT2D eigenvalue weighted by Crippen LogP contribution is 2.33. The first kappa shape index (κ1) is 31.9. The van der Waals surface area contributed by atoms with Crippen molar-refractivity contribution < 1.29 is 18.0 Å². The van der Waals surface area contributed by atoms with Gasteiger partial charge in [0.05, 0.1) is 15.6 Å². The maximum absolute atomic E-state index is 14.2. The fraction of sp³-hybridized carbons (Fsp3) is 0.375. The van der Waals surface area contributed by atoms with Gasteiger partial charge >= 0.3 is 0 Å². The van der Waals surface area contributed by atoms with Crippen LogP contribution in [-0.4, -0.2) is 50.3 Å². The number of nitrogens with zero attached hydrogens (tertiary/aromatic N) is 2. The molecule has 0 bridgehead atoms. The van der Waals surface area contributed by atoms with Crippen molar-refractivity contribution in [1.82, 2.24) is 10.2 Å². The topological polar surface area (TPSA) is 86.8 Å². The fourth-order valence-electron chi connectivity index (χ4n) is 5.29. The first-order valence-electron chi connectivity index (χ1n) is 14.3. The lowest BCUT2D eigenvalue weighted by Crippen LogP contribution is -2.54. The lowest BCUT2D eigenvalue weighted by molar-refractivity contribution is -0.139. The Kier molecular flexibility index (Phi) is 10.9. The van der Waals surface area contributed by atoms with Gasteiger partial charge in [-0.15, -0.1) is 0 Å². The van der Waals surface area contributed by atoms with Gasteiger partial charge in [0.25, 0.3) is 10.0 Å². The SMILES string of the molecule is CC[C@@H](C(=O)NC1CCCC1)N(CCc1ccccc1)C(=O)CN(c1cc(Cl)ccc1Cl)S(=O)(=O)c1ccc(C)cc1. The van der Waals surface area contributed by atoms with Gasteiger partial charge in [-0.05, 0) is 68.5 Å². The second-order valence-corrected chi connectivity index (χ2v) is 13.4. The van der Waals surface area contributed by atoms with Crippen LogP contribution >= 0.6 is 23.2 Å². The number of halogens is 2. The molecule has 224 valence electrons. The number of carbonyl (C=O) groups is 2. The van der Waals surface area contributed by atoms with Crippen LogP contribution < -0.4 is 9.62 Å². The number of carbonyl (C=O) groups excluding carboxylic acids is 2. The molecule has 1 N–H and O–H groups in total. The molecule has 0 heterocycles. The zero-order valence-corrected chi connectivity index (χ0v) is 26.3. The third kappa shape index (κ3) is 7.85. The average molecular weight is 631 g/mol. The predicted octanol–water partition coefficient (Wildman–Crippen LogP) is 6.41. The van der Waals surface area contributed by atoms with Gasteiger partial charge < -0.3 is 10.2 Å². The molecule has 0 aromatic heterocycles. The van der Waals surface area contributed by atoms with Gasteiger partial charge in [0.2, 0.25) is 11.8 Å². The normalized spacial score (nSPS) is 14.4. The minimum atomic E-state index is -4.23. The summed E-state index contributed by atoms with van der Waals surface area (Å²) in [4.78, 5) is 29.2. The molecular weight excluding hydrogens is 593 g/mol. The van der Waals surface area contributed by atoms with Crippen LogP contribution in [0.4, 0.5) is 5.69 Å². The van der Waals surface area contributed by atoms with Gasteiger partial charge in [-0.2, -0.15) is 0 Å². The fourth-order valence-corrected chi connectivity index (χ4v) is 7.15. The lowest BCUT2D eigenvalue weighted by Gasteiger charge is -2.34. The van der Waals surface area contributed by atoms with Gasteiger partial charge in [-0.3, -0.25) is 13.9 Å². The molecule has 0 unspecified atom stereocenters. The molecule has 2 amide bonds. The molecule has 3 aromatic carbocycles. The summed E-state index contributed by atoms with van der Waals surface area (Å²) in [5.41, 5.74) is 1.98. The van der Waals surface area contributed by atoms with Gasteiger partial charge in [0.15, 0.2) is 0 Å². The summed E-state index contributed by atoms with van der Waals surface area (Å²) >= 11 is 12.8. The number of aryl methyl sites for hydroxylation is 1. The van der Waals surface area contributed by atoms with E-state index >= 15 is 0 Å². The Morgan fingerprint density at radius 3 is 2.29 bits per heavy atom. The van der Waals surface area contributed by atoms with Crippen LogP contribution in [0.3, 0.4) is 0 Å². The molecule has 0 aliphatic heterocycles. The molecule has 1 atom stereocenters. The van der Waals surface area contributed by atoms with Crippen molar-refractivity contribution in [1.29, 1.82) is 0 Å². The number of benzene rings is 3. The zero-order chi connectivity index (χ0) is 30.3. The molecule has 1 aliphatic carbocycles. The van der Waals surface area contributed by atoms with E-state index in [1.54, 1.807) is 18.2 Å². The minimum Gasteiger partial charge on any atom is -0.352 e. The van der Waals surface area contributed by atoms with E-state index in [1.165, 1.54) is 29.2 Å². The van der Waals surface area contributed by atoms with Crippen LogP contribution in [0.5, 0.6) is 0 Å². The van der Waals surface area contributed by atoms with E-state index in [0.29, 0.717) is 12.8 Å². The lowest BCUT2D eigenvalue weighted by atomic mass is 10.1. The van der Waals surface area contributed by atoms with Gasteiger partial charge in [0.1, 0.15) is 12.6 Å². The van der Waals surface area contributed by atoms with Gasteiger partial charge in [-0.1, -0.05) is 91.0 Å². The number of hydrogen-bond donors (Lipinski definition) is 1. The summed E-state index contributed by atoms with van der Waals surface area (Å²) < 4.78 is 29.0. The van der Waals surface area contributed by atoms with E-state index in [1.807, 2.05) is 44.2 Å². The van der Waals surface area contributed by atoms with Crippen molar-refractivity contribution in [3.8, 4) is 0 Å². The summed E-state index contributed by atoms with van der Waals surface area (Å²) in [6.07, 6.45) is 4.82. The van der Waals surface area contributed by atoms with Crippen molar-refractivity contribution in [2.24, 2.45) is 0 Å². The highest BCUT2D eigenvalue weighted by Gasteiger charge is 2.35. The standard InChI is InChI=1S/C32H37Cl2N3O4S/c1-3-29(32(39)35-26-11-7-8-12-26)36(20-19-24-9-5-4-6-10-24)31(38)22-37(30-21-25(33)15-18-28(30)34)42(40,41)27-16-13-23(2)14-17-27/h4-6,9-10,13-18,21,26,29H,3,7-8,11-12,19-20,22H2,1-2H3,(H,35,39)/t29-/m0/s1.